The number of nitrogens with zero attached hydrogens (tertiary/aromatic N) is 3. The molecule has 2 aromatic heterocycles. The lowest BCUT2D eigenvalue weighted by atomic mass is 10.2. The molecular weight excluding hydrogens is 252 g/mol. The van der Waals surface area contributed by atoms with Crippen molar-refractivity contribution in [2.24, 2.45) is 0 Å². The summed E-state index contributed by atoms with van der Waals surface area (Å²) in [6.45, 7) is 2.70. The number of hydrogen-bond acceptors (Lipinski definition) is 6. The number of nitrogens with two attached hydrogens (primary N) is 1. The zero-order valence-corrected chi connectivity index (χ0v) is 11.0. The van der Waals surface area contributed by atoms with Crippen molar-refractivity contribution < 1.29 is 4.74 Å². The number of anilines is 1. The van der Waals surface area contributed by atoms with E-state index in [2.05, 4.69) is 10.1 Å². The van der Waals surface area contributed by atoms with E-state index in [1.165, 1.54) is 16.0 Å². The molecule has 0 fully saturated rings. The minimum Gasteiger partial charge on any atom is -0.383 e. The molecule has 0 saturated heterocycles. The van der Waals surface area contributed by atoms with Gasteiger partial charge in [-0.25, -0.2) is 9.67 Å². The minimum atomic E-state index is -0.178. The van der Waals surface area contributed by atoms with Crippen LogP contribution in [0, 0.1) is 6.92 Å². The van der Waals surface area contributed by atoms with Crippen molar-refractivity contribution >= 4 is 16.5 Å². The van der Waals surface area contributed by atoms with E-state index in [0.29, 0.717) is 29.5 Å². The van der Waals surface area contributed by atoms with Crippen molar-refractivity contribution in [2.45, 2.75) is 13.5 Å². The Morgan fingerprint density at radius 2 is 2.33 bits per heavy atom. The first-order valence-electron chi connectivity index (χ1n) is 5.41. The summed E-state index contributed by atoms with van der Waals surface area (Å²) >= 11 is 1.31. The highest BCUT2D eigenvalue weighted by Gasteiger charge is 2.11. The maximum Gasteiger partial charge on any atom is 0.276 e. The minimum absolute atomic E-state index is 0.178. The number of aryl methyl sites for hydroxylation is 1. The first-order valence-corrected chi connectivity index (χ1v) is 6.29. The van der Waals surface area contributed by atoms with Crippen molar-refractivity contribution in [3.63, 3.8) is 0 Å². The fourth-order valence-electron chi connectivity index (χ4n) is 1.60. The average molecular weight is 266 g/mol. The van der Waals surface area contributed by atoms with E-state index in [0.717, 1.165) is 5.69 Å². The summed E-state index contributed by atoms with van der Waals surface area (Å²) in [4.78, 5) is 16.3. The molecule has 0 aromatic carbocycles. The third-order valence-electron chi connectivity index (χ3n) is 2.40. The van der Waals surface area contributed by atoms with E-state index in [1.54, 1.807) is 18.6 Å². The van der Waals surface area contributed by atoms with Crippen molar-refractivity contribution in [3.8, 4) is 11.3 Å². The van der Waals surface area contributed by atoms with Gasteiger partial charge < -0.3 is 10.5 Å². The topological polar surface area (TPSA) is 83.0 Å². The Labute approximate surface area is 108 Å². The van der Waals surface area contributed by atoms with Crippen LogP contribution in [-0.4, -0.2) is 28.5 Å². The van der Waals surface area contributed by atoms with Gasteiger partial charge in [-0.2, -0.15) is 5.10 Å². The van der Waals surface area contributed by atoms with Gasteiger partial charge in [0.2, 0.25) is 0 Å². The van der Waals surface area contributed by atoms with Gasteiger partial charge in [-0.1, -0.05) is 0 Å². The SMILES string of the molecule is COCCn1nc(C)cc(-c2csc(N)n2)c1=O. The van der Waals surface area contributed by atoms with Crippen LogP contribution >= 0.6 is 11.3 Å². The van der Waals surface area contributed by atoms with Crippen molar-refractivity contribution in [1.29, 1.82) is 0 Å². The molecule has 6 nitrogen and oxygen atoms in total. The lowest BCUT2D eigenvalue weighted by Gasteiger charge is -2.07. The van der Waals surface area contributed by atoms with Crippen LogP contribution in [0.3, 0.4) is 0 Å². The van der Waals surface area contributed by atoms with Gasteiger partial charge in [0.1, 0.15) is 0 Å². The Balaban J connectivity index is 2.48. The fourth-order valence-corrected chi connectivity index (χ4v) is 2.16. The second kappa shape index (κ2) is 5.28. The standard InChI is InChI=1S/C11H14N4O2S/c1-7-5-8(9-6-18-11(12)13-9)10(16)15(14-7)3-4-17-2/h5-6H,3-4H2,1-2H3,(H2,12,13). The number of methoxy groups -OCH3 is 1. The van der Waals surface area contributed by atoms with Crippen LogP contribution in [0.4, 0.5) is 5.13 Å². The Kier molecular flexibility index (Phi) is 3.73. The molecule has 0 aliphatic carbocycles. The molecular formula is C11H14N4O2S. The zero-order chi connectivity index (χ0) is 13.1. The summed E-state index contributed by atoms with van der Waals surface area (Å²) in [6, 6.07) is 1.72. The molecule has 0 amide bonds. The van der Waals surface area contributed by atoms with E-state index in [4.69, 9.17) is 10.5 Å². The molecule has 7 heteroatoms. The van der Waals surface area contributed by atoms with Crippen molar-refractivity contribution in [3.05, 3.63) is 27.5 Å². The number of hydrogen-bond donors (Lipinski definition) is 1. The van der Waals surface area contributed by atoms with E-state index in [1.807, 2.05) is 6.92 Å². The highest BCUT2D eigenvalue weighted by molar-refractivity contribution is 7.13. The summed E-state index contributed by atoms with van der Waals surface area (Å²) in [6.07, 6.45) is 0. The number of aromatic nitrogens is 3. The summed E-state index contributed by atoms with van der Waals surface area (Å²) in [5.41, 5.74) is 7.28. The van der Waals surface area contributed by atoms with E-state index >= 15 is 0 Å². The van der Waals surface area contributed by atoms with Crippen LogP contribution in [0.1, 0.15) is 5.69 Å². The van der Waals surface area contributed by atoms with Crippen LogP contribution < -0.4 is 11.3 Å². The first-order chi connectivity index (χ1) is 8.61. The molecule has 0 unspecified atom stereocenters. The molecule has 0 aliphatic heterocycles. The Morgan fingerprint density at radius 3 is 2.94 bits per heavy atom. The van der Waals surface area contributed by atoms with Gasteiger partial charge in [-0.3, -0.25) is 4.79 Å². The normalized spacial score (nSPS) is 10.8. The summed E-state index contributed by atoms with van der Waals surface area (Å²) in [5, 5.41) is 6.39. The zero-order valence-electron chi connectivity index (χ0n) is 10.2. The lowest BCUT2D eigenvalue weighted by molar-refractivity contribution is 0.181. The molecule has 2 aromatic rings. The second-order valence-electron chi connectivity index (χ2n) is 3.79. The van der Waals surface area contributed by atoms with Gasteiger partial charge in [0.25, 0.3) is 5.56 Å². The number of nitrogen functional groups attached to an aromatic ring is 1. The quantitative estimate of drug-likeness (QED) is 0.889. The molecule has 2 N–H and O–H groups in total. The molecule has 0 atom stereocenters. The molecule has 18 heavy (non-hydrogen) atoms. The van der Waals surface area contributed by atoms with Crippen LogP contribution in [-0.2, 0) is 11.3 Å². The Morgan fingerprint density at radius 1 is 1.56 bits per heavy atom. The lowest BCUT2D eigenvalue weighted by Crippen LogP contribution is -2.26. The monoisotopic (exact) mass is 266 g/mol. The third-order valence-corrected chi connectivity index (χ3v) is 3.08. The molecule has 2 heterocycles. The van der Waals surface area contributed by atoms with Crippen LogP contribution in [0.5, 0.6) is 0 Å². The molecule has 2 rings (SSSR count). The van der Waals surface area contributed by atoms with E-state index < -0.39 is 0 Å². The van der Waals surface area contributed by atoms with Gasteiger partial charge in [0.05, 0.1) is 30.1 Å². The predicted molar refractivity (Wildman–Crippen MR) is 70.6 cm³/mol. The first kappa shape index (κ1) is 12.7. The molecule has 0 spiro atoms. The number of rotatable bonds is 4. The number of thiazole rings is 1. The van der Waals surface area contributed by atoms with Gasteiger partial charge in [0.15, 0.2) is 5.13 Å². The van der Waals surface area contributed by atoms with Gasteiger partial charge in [-0.15, -0.1) is 11.3 Å². The maximum atomic E-state index is 12.2. The summed E-state index contributed by atoms with van der Waals surface area (Å²) < 4.78 is 6.35. The molecule has 0 aliphatic rings. The third kappa shape index (κ3) is 2.57. The summed E-state index contributed by atoms with van der Waals surface area (Å²) in [7, 11) is 1.59. The molecule has 0 radical (unpaired) electrons. The highest BCUT2D eigenvalue weighted by atomic mass is 32.1. The highest BCUT2D eigenvalue weighted by Crippen LogP contribution is 2.20. The molecule has 0 saturated carbocycles. The summed E-state index contributed by atoms with van der Waals surface area (Å²) in [5.74, 6) is 0. The van der Waals surface area contributed by atoms with Crippen LogP contribution in [0.15, 0.2) is 16.2 Å². The van der Waals surface area contributed by atoms with Crippen molar-refractivity contribution in [1.82, 2.24) is 14.8 Å². The van der Waals surface area contributed by atoms with Crippen LogP contribution in [0.25, 0.3) is 11.3 Å². The van der Waals surface area contributed by atoms with Gasteiger partial charge in [-0.05, 0) is 13.0 Å². The number of ether oxygens (including phenoxy) is 1. The maximum absolute atomic E-state index is 12.2. The van der Waals surface area contributed by atoms with Crippen molar-refractivity contribution in [2.75, 3.05) is 19.5 Å². The second-order valence-corrected chi connectivity index (χ2v) is 4.68. The average Bonchev–Trinajstić information content (AvgIpc) is 2.76. The fraction of sp³-hybridized carbons (Fsp3) is 0.364. The van der Waals surface area contributed by atoms with Gasteiger partial charge >= 0.3 is 0 Å². The molecule has 0 bridgehead atoms. The molecule has 96 valence electrons. The predicted octanol–water partition coefficient (Wildman–Crippen LogP) is 0.904. The smallest absolute Gasteiger partial charge is 0.276 e. The van der Waals surface area contributed by atoms with E-state index in [-0.39, 0.29) is 5.56 Å². The Hall–Kier alpha value is -1.73. The van der Waals surface area contributed by atoms with Gasteiger partial charge in [0, 0.05) is 12.5 Å². The van der Waals surface area contributed by atoms with Crippen LogP contribution in [0.2, 0.25) is 0 Å². The van der Waals surface area contributed by atoms with E-state index in [9.17, 15) is 4.79 Å². The Bertz CT molecular complexity index is 605. The largest absolute Gasteiger partial charge is 0.383 e.